The number of aromatic nitrogens is 2. The number of anilines is 1. The lowest BCUT2D eigenvalue weighted by Gasteiger charge is -2.10. The summed E-state index contributed by atoms with van der Waals surface area (Å²) in [5.74, 6) is -2.23. The van der Waals surface area contributed by atoms with Crippen molar-refractivity contribution < 1.29 is 18.0 Å². The monoisotopic (exact) mass is 427 g/mol. The second kappa shape index (κ2) is 8.84. The highest BCUT2D eigenvalue weighted by atomic mass is 35.5. The molecule has 2 heterocycles. The number of amides is 1. The number of aryl methyl sites for hydroxylation is 1. The van der Waals surface area contributed by atoms with E-state index >= 15 is 0 Å². The number of hydrogen-bond acceptors (Lipinski definition) is 4. The van der Waals surface area contributed by atoms with Crippen molar-refractivity contribution in [3.05, 3.63) is 89.9 Å². The molecule has 0 saturated heterocycles. The summed E-state index contributed by atoms with van der Waals surface area (Å²) >= 11 is 0. The van der Waals surface area contributed by atoms with Crippen molar-refractivity contribution in [2.75, 3.05) is 5.32 Å². The molecule has 0 bridgehead atoms. The van der Waals surface area contributed by atoms with Crippen LogP contribution >= 0.6 is 12.4 Å². The van der Waals surface area contributed by atoms with Gasteiger partial charge in [0, 0.05) is 11.1 Å². The molecule has 8 heteroatoms. The summed E-state index contributed by atoms with van der Waals surface area (Å²) in [4.78, 5) is 20.7. The zero-order valence-electron chi connectivity index (χ0n) is 15.7. The van der Waals surface area contributed by atoms with Crippen LogP contribution in [0.25, 0.3) is 22.7 Å². The summed E-state index contributed by atoms with van der Waals surface area (Å²) in [6, 6.07) is 12.4. The number of carbonyl (C=O) groups excluding carboxylic acids is 1. The van der Waals surface area contributed by atoms with E-state index in [-0.39, 0.29) is 12.4 Å². The first-order valence-corrected chi connectivity index (χ1v) is 8.75. The Balaban J connectivity index is 0.00000256. The molecule has 0 atom stereocenters. The molecule has 0 aliphatic rings. The fourth-order valence-corrected chi connectivity index (χ4v) is 2.93. The maximum Gasteiger partial charge on any atom is 0.261 e. The van der Waals surface area contributed by atoms with Gasteiger partial charge in [-0.2, -0.15) is 0 Å². The van der Waals surface area contributed by atoms with Gasteiger partial charge in [-0.05, 0) is 48.9 Å². The lowest BCUT2D eigenvalue weighted by Crippen LogP contribution is -2.15. The predicted molar refractivity (Wildman–Crippen MR) is 111 cm³/mol. The van der Waals surface area contributed by atoms with Crippen LogP contribution in [0.15, 0.2) is 71.6 Å². The fraction of sp³-hybridized carbons (Fsp3) is 0.0455. The molecule has 1 amide bonds. The van der Waals surface area contributed by atoms with Crippen LogP contribution in [-0.4, -0.2) is 15.9 Å². The van der Waals surface area contributed by atoms with Gasteiger partial charge in [-0.15, -0.1) is 12.4 Å². The number of hydrogen-bond donors (Lipinski definition) is 1. The first kappa shape index (κ1) is 21.1. The molecule has 0 aliphatic heterocycles. The van der Waals surface area contributed by atoms with Crippen LogP contribution in [0, 0.1) is 18.6 Å². The predicted octanol–water partition coefficient (Wildman–Crippen LogP) is 5.66. The maximum absolute atomic E-state index is 13.8. The first-order valence-electron chi connectivity index (χ1n) is 8.75. The highest BCUT2D eigenvalue weighted by molar-refractivity contribution is 6.04. The van der Waals surface area contributed by atoms with Gasteiger partial charge < -0.3 is 9.73 Å². The molecule has 0 radical (unpaired) electrons. The zero-order chi connectivity index (χ0) is 20.4. The summed E-state index contributed by atoms with van der Waals surface area (Å²) in [5, 5.41) is 2.46. The number of pyridine rings is 1. The number of benzene rings is 2. The summed E-state index contributed by atoms with van der Waals surface area (Å²) in [7, 11) is 0. The average Bonchev–Trinajstić information content (AvgIpc) is 3.24. The molecule has 30 heavy (non-hydrogen) atoms. The van der Waals surface area contributed by atoms with Crippen LogP contribution < -0.4 is 5.32 Å². The topological polar surface area (TPSA) is 68.0 Å². The lowest BCUT2D eigenvalue weighted by molar-refractivity contribution is 0.101. The Hall–Kier alpha value is -3.58. The number of nitrogens with one attached hydrogen (secondary N) is 1. The molecule has 0 fully saturated rings. The van der Waals surface area contributed by atoms with E-state index in [0.29, 0.717) is 17.3 Å². The molecule has 2 aromatic heterocycles. The Morgan fingerprint density at radius 1 is 1.03 bits per heavy atom. The molecular weight excluding hydrogens is 412 g/mol. The fourth-order valence-electron chi connectivity index (χ4n) is 2.93. The Bertz CT molecular complexity index is 1160. The minimum atomic E-state index is -0.925. The molecule has 2 aromatic carbocycles. The third-order valence-electron chi connectivity index (χ3n) is 4.40. The zero-order valence-corrected chi connectivity index (χ0v) is 16.5. The minimum Gasteiger partial charge on any atom is -0.445 e. The van der Waals surface area contributed by atoms with E-state index < -0.39 is 23.1 Å². The number of halogens is 3. The van der Waals surface area contributed by atoms with Crippen LogP contribution in [0.1, 0.15) is 15.9 Å². The number of rotatable bonds is 4. The molecule has 0 aliphatic carbocycles. The molecule has 0 unspecified atom stereocenters. The molecule has 152 valence electrons. The van der Waals surface area contributed by atoms with Crippen LogP contribution in [0.2, 0.25) is 0 Å². The molecular formula is C22H16ClF2N3O2. The first-order chi connectivity index (χ1) is 14.0. The maximum atomic E-state index is 13.8. The highest BCUT2D eigenvalue weighted by Gasteiger charge is 2.17. The molecule has 4 rings (SSSR count). The van der Waals surface area contributed by atoms with E-state index in [0.717, 1.165) is 28.8 Å². The summed E-state index contributed by atoms with van der Waals surface area (Å²) < 4.78 is 32.9. The molecule has 4 aromatic rings. The quantitative estimate of drug-likeness (QED) is 0.456. The van der Waals surface area contributed by atoms with E-state index in [1.54, 1.807) is 18.3 Å². The third-order valence-corrected chi connectivity index (χ3v) is 4.40. The lowest BCUT2D eigenvalue weighted by atomic mass is 10.0. The average molecular weight is 428 g/mol. The molecule has 1 N–H and O–H groups in total. The Morgan fingerprint density at radius 3 is 2.43 bits per heavy atom. The minimum absolute atomic E-state index is 0. The smallest absolute Gasteiger partial charge is 0.261 e. The van der Waals surface area contributed by atoms with Gasteiger partial charge in [-0.3, -0.25) is 9.78 Å². The second-order valence-electron chi connectivity index (χ2n) is 6.35. The Morgan fingerprint density at radius 2 is 1.80 bits per heavy atom. The van der Waals surface area contributed by atoms with Gasteiger partial charge in [0.25, 0.3) is 5.91 Å². The molecule has 0 saturated carbocycles. The van der Waals surface area contributed by atoms with Gasteiger partial charge in [0.2, 0.25) is 5.89 Å². The third kappa shape index (κ3) is 4.21. The Kier molecular flexibility index (Phi) is 6.23. The van der Waals surface area contributed by atoms with Gasteiger partial charge in [-0.1, -0.05) is 12.1 Å². The number of oxazole rings is 1. The van der Waals surface area contributed by atoms with Crippen molar-refractivity contribution in [2.45, 2.75) is 6.92 Å². The van der Waals surface area contributed by atoms with Gasteiger partial charge >= 0.3 is 0 Å². The standard InChI is InChI=1S/C22H15F2N3O2.ClH/c1-13-5-6-14(22-25-9-10-29-22)11-16(13)19-8-7-15(12-26-19)27-21(28)20-17(23)3-2-4-18(20)24;/h2-12H,1H3,(H,27,28);1H. The summed E-state index contributed by atoms with van der Waals surface area (Å²) in [6.45, 7) is 1.95. The van der Waals surface area contributed by atoms with E-state index in [1.165, 1.54) is 18.5 Å². The largest absolute Gasteiger partial charge is 0.445 e. The van der Waals surface area contributed by atoms with Crippen molar-refractivity contribution >= 4 is 24.0 Å². The van der Waals surface area contributed by atoms with Crippen LogP contribution in [0.4, 0.5) is 14.5 Å². The SMILES string of the molecule is Cc1ccc(-c2ncco2)cc1-c1ccc(NC(=O)c2c(F)cccc2F)cn1.Cl. The van der Waals surface area contributed by atoms with Crippen molar-refractivity contribution in [3.63, 3.8) is 0 Å². The van der Waals surface area contributed by atoms with E-state index in [4.69, 9.17) is 4.42 Å². The molecule has 5 nitrogen and oxygen atoms in total. The van der Waals surface area contributed by atoms with Crippen molar-refractivity contribution in [1.29, 1.82) is 0 Å². The van der Waals surface area contributed by atoms with E-state index in [1.807, 2.05) is 25.1 Å². The van der Waals surface area contributed by atoms with E-state index in [2.05, 4.69) is 15.3 Å². The van der Waals surface area contributed by atoms with Crippen LogP contribution in [0.3, 0.4) is 0 Å². The second-order valence-corrected chi connectivity index (χ2v) is 6.35. The van der Waals surface area contributed by atoms with Gasteiger partial charge in [0.1, 0.15) is 23.5 Å². The summed E-state index contributed by atoms with van der Waals surface area (Å²) in [6.07, 6.45) is 4.51. The van der Waals surface area contributed by atoms with Crippen LogP contribution in [-0.2, 0) is 0 Å². The van der Waals surface area contributed by atoms with Crippen molar-refractivity contribution in [2.24, 2.45) is 0 Å². The summed E-state index contributed by atoms with van der Waals surface area (Å²) in [5.41, 5.74) is 3.04. The van der Waals surface area contributed by atoms with Gasteiger partial charge in [0.15, 0.2) is 0 Å². The van der Waals surface area contributed by atoms with Gasteiger partial charge in [-0.25, -0.2) is 13.8 Å². The molecule has 0 spiro atoms. The number of carbonyl (C=O) groups is 1. The normalized spacial score (nSPS) is 10.4. The van der Waals surface area contributed by atoms with Crippen LogP contribution in [0.5, 0.6) is 0 Å². The highest BCUT2D eigenvalue weighted by Crippen LogP contribution is 2.28. The van der Waals surface area contributed by atoms with Crippen molar-refractivity contribution in [3.8, 4) is 22.7 Å². The van der Waals surface area contributed by atoms with E-state index in [9.17, 15) is 13.6 Å². The van der Waals surface area contributed by atoms with Crippen molar-refractivity contribution in [1.82, 2.24) is 9.97 Å². The van der Waals surface area contributed by atoms with Gasteiger partial charge in [0.05, 0.1) is 23.8 Å². The Labute approximate surface area is 177 Å². The number of nitrogens with zero attached hydrogens (tertiary/aromatic N) is 2.